The van der Waals surface area contributed by atoms with Crippen molar-refractivity contribution >= 4 is 34.4 Å². The zero-order valence-corrected chi connectivity index (χ0v) is 22.4. The van der Waals surface area contributed by atoms with Crippen LogP contribution in [0.1, 0.15) is 26.3 Å². The maximum atomic E-state index is 13.0. The van der Waals surface area contributed by atoms with E-state index in [-0.39, 0.29) is 16.7 Å². The smallest absolute Gasteiger partial charge is 0.337 e. The number of carbonyl (C=O) groups is 2. The van der Waals surface area contributed by atoms with E-state index in [1.165, 1.54) is 21.8 Å². The summed E-state index contributed by atoms with van der Waals surface area (Å²) in [4.78, 5) is 30.8. The van der Waals surface area contributed by atoms with E-state index in [2.05, 4.69) is 72.8 Å². The predicted molar refractivity (Wildman–Crippen MR) is 153 cm³/mol. The Morgan fingerprint density at radius 1 is 0.553 bits per heavy atom. The summed E-state index contributed by atoms with van der Waals surface area (Å²) in [6, 6.07) is 44.1. The first kappa shape index (κ1) is 25.6. The topological polar surface area (TPSA) is 43.4 Å². The van der Waals surface area contributed by atoms with E-state index >= 15 is 0 Å². The summed E-state index contributed by atoms with van der Waals surface area (Å²) in [5.41, 5.74) is 1.38. The number of ether oxygens (including phenoxy) is 1. The molecule has 0 aliphatic rings. The number of hydrogen-bond donors (Lipinski definition) is 0. The van der Waals surface area contributed by atoms with Gasteiger partial charge < -0.3 is 4.74 Å². The molecular weight excluding hydrogens is 508 g/mol. The minimum atomic E-state index is -0.461. The molecule has 186 valence electrons. The van der Waals surface area contributed by atoms with Crippen molar-refractivity contribution in [3.8, 4) is 0 Å². The van der Waals surface area contributed by atoms with Gasteiger partial charge in [0.15, 0.2) is 20.5 Å². The van der Waals surface area contributed by atoms with Crippen LogP contribution in [0.4, 0.5) is 0 Å². The van der Waals surface area contributed by atoms with Gasteiger partial charge in [0.2, 0.25) is 0 Å². The summed E-state index contributed by atoms with van der Waals surface area (Å²) in [7, 11) is 1.15. The van der Waals surface area contributed by atoms with E-state index in [0.29, 0.717) is 16.7 Å². The average Bonchev–Trinajstić information content (AvgIpc) is 2.99. The van der Waals surface area contributed by atoms with E-state index < -0.39 is 5.97 Å². The van der Waals surface area contributed by atoms with Gasteiger partial charge in [-0.25, -0.2) is 4.79 Å². The molecule has 5 aromatic rings. The molecule has 0 heterocycles. The second-order valence-electron chi connectivity index (χ2n) is 8.43. The molecule has 0 atom stereocenters. The third kappa shape index (κ3) is 5.91. The highest BCUT2D eigenvalue weighted by Gasteiger charge is 2.28. The highest BCUT2D eigenvalue weighted by atomic mass is 32.2. The van der Waals surface area contributed by atoms with Crippen LogP contribution in [0, 0.1) is 0 Å². The van der Waals surface area contributed by atoms with Crippen LogP contribution in [0.3, 0.4) is 0 Å². The Kier molecular flexibility index (Phi) is 8.07. The van der Waals surface area contributed by atoms with Crippen molar-refractivity contribution in [1.82, 2.24) is 0 Å². The zero-order chi connectivity index (χ0) is 26.3. The van der Waals surface area contributed by atoms with Crippen molar-refractivity contribution < 1.29 is 14.3 Å². The van der Waals surface area contributed by atoms with Crippen LogP contribution in [-0.4, -0.2) is 18.9 Å². The standard InChI is InChI=1S/C33H25O3S2/c1-36-33(35)26-10-8-9-25(23-26)32(34)24-15-17-27(18-16-24)37-28-19-21-31(22-20-28)38(29-11-4-2-5-12-29)30-13-6-3-7-14-30/h2-23H,1H3/q+1. The number of esters is 1. The molecule has 0 amide bonds. The van der Waals surface area contributed by atoms with E-state index in [1.54, 1.807) is 36.0 Å². The Morgan fingerprint density at radius 2 is 1.05 bits per heavy atom. The zero-order valence-electron chi connectivity index (χ0n) is 20.7. The van der Waals surface area contributed by atoms with E-state index in [9.17, 15) is 9.59 Å². The first-order chi connectivity index (χ1) is 18.6. The van der Waals surface area contributed by atoms with Gasteiger partial charge in [-0.15, -0.1) is 0 Å². The van der Waals surface area contributed by atoms with Gasteiger partial charge in [0.05, 0.1) is 23.6 Å². The van der Waals surface area contributed by atoms with Crippen LogP contribution in [-0.2, 0) is 15.6 Å². The monoisotopic (exact) mass is 533 g/mol. The van der Waals surface area contributed by atoms with Crippen molar-refractivity contribution in [2.75, 3.05) is 7.11 Å². The maximum Gasteiger partial charge on any atom is 0.337 e. The van der Waals surface area contributed by atoms with Crippen LogP contribution in [0.2, 0.25) is 0 Å². The molecule has 38 heavy (non-hydrogen) atoms. The molecule has 0 fully saturated rings. The largest absolute Gasteiger partial charge is 0.465 e. The summed E-state index contributed by atoms with van der Waals surface area (Å²) in [6.45, 7) is 0. The molecule has 0 bridgehead atoms. The maximum absolute atomic E-state index is 13.0. The number of carbonyl (C=O) groups excluding carboxylic acids is 2. The summed E-state index contributed by atoms with van der Waals surface area (Å²) < 4.78 is 4.76. The van der Waals surface area contributed by atoms with Gasteiger partial charge in [0, 0.05) is 20.9 Å². The molecule has 5 aromatic carbocycles. The number of hydrogen-bond acceptors (Lipinski definition) is 4. The molecular formula is C33H25O3S2+. The Balaban J connectivity index is 1.32. The summed E-state index contributed by atoms with van der Waals surface area (Å²) in [5, 5.41) is 0. The third-order valence-corrected chi connectivity index (χ3v) is 9.16. The van der Waals surface area contributed by atoms with Gasteiger partial charge in [0.1, 0.15) is 0 Å². The van der Waals surface area contributed by atoms with Crippen molar-refractivity contribution in [2.45, 2.75) is 24.5 Å². The second kappa shape index (κ2) is 12.0. The lowest BCUT2D eigenvalue weighted by Crippen LogP contribution is -2.05. The quantitative estimate of drug-likeness (QED) is 0.115. The number of methoxy groups -OCH3 is 1. The van der Waals surface area contributed by atoms with Gasteiger partial charge in [0.25, 0.3) is 0 Å². The molecule has 0 saturated heterocycles. The summed E-state index contributed by atoms with van der Waals surface area (Å²) in [5.74, 6) is -0.595. The molecule has 0 aliphatic carbocycles. The first-order valence-corrected chi connectivity index (χ1v) is 14.1. The highest BCUT2D eigenvalue weighted by Crippen LogP contribution is 2.34. The molecule has 0 N–H and O–H groups in total. The summed E-state index contributed by atoms with van der Waals surface area (Å²) >= 11 is 1.66. The third-order valence-electron chi connectivity index (χ3n) is 5.92. The lowest BCUT2D eigenvalue weighted by molar-refractivity contribution is 0.0600. The normalized spacial score (nSPS) is 10.8. The fourth-order valence-electron chi connectivity index (χ4n) is 4.05. The van der Waals surface area contributed by atoms with Gasteiger partial charge in [-0.2, -0.15) is 0 Å². The van der Waals surface area contributed by atoms with Gasteiger partial charge >= 0.3 is 5.97 Å². The Labute approximate surface area is 229 Å². The predicted octanol–water partition coefficient (Wildman–Crippen LogP) is 7.95. The minimum absolute atomic E-state index is 0.134. The van der Waals surface area contributed by atoms with Gasteiger partial charge in [-0.1, -0.05) is 60.3 Å². The van der Waals surface area contributed by atoms with Crippen LogP contribution in [0.5, 0.6) is 0 Å². The fourth-order valence-corrected chi connectivity index (χ4v) is 6.95. The number of rotatable bonds is 8. The van der Waals surface area contributed by atoms with Crippen molar-refractivity contribution in [1.29, 1.82) is 0 Å². The van der Waals surface area contributed by atoms with E-state index in [0.717, 1.165) is 9.79 Å². The Hall–Kier alpha value is -4.06. The first-order valence-electron chi connectivity index (χ1n) is 12.1. The minimum Gasteiger partial charge on any atom is -0.465 e. The fraction of sp³-hybridized carbons (Fsp3) is 0.0303. The average molecular weight is 534 g/mol. The molecule has 0 saturated carbocycles. The van der Waals surface area contributed by atoms with Crippen LogP contribution in [0.25, 0.3) is 0 Å². The van der Waals surface area contributed by atoms with Crippen LogP contribution < -0.4 is 0 Å². The Morgan fingerprint density at radius 3 is 1.61 bits per heavy atom. The SMILES string of the molecule is COC(=O)c1cccc(C(=O)c2ccc(Sc3ccc([S+](c4ccccc4)c4ccccc4)cc3)cc2)c1. The van der Waals surface area contributed by atoms with Crippen LogP contribution >= 0.6 is 11.8 Å². The van der Waals surface area contributed by atoms with Crippen LogP contribution in [0.15, 0.2) is 158 Å². The molecule has 0 unspecified atom stereocenters. The highest BCUT2D eigenvalue weighted by molar-refractivity contribution is 7.99. The molecule has 5 rings (SSSR count). The van der Waals surface area contributed by atoms with E-state index in [4.69, 9.17) is 4.74 Å². The second-order valence-corrected chi connectivity index (χ2v) is 11.6. The molecule has 0 radical (unpaired) electrons. The van der Waals surface area contributed by atoms with Gasteiger partial charge in [-0.3, -0.25) is 4.79 Å². The van der Waals surface area contributed by atoms with Gasteiger partial charge in [-0.05, 0) is 84.9 Å². The van der Waals surface area contributed by atoms with Crippen molar-refractivity contribution in [3.05, 3.63) is 150 Å². The van der Waals surface area contributed by atoms with Crippen molar-refractivity contribution in [2.24, 2.45) is 0 Å². The lowest BCUT2D eigenvalue weighted by Gasteiger charge is -2.09. The molecule has 3 nitrogen and oxygen atoms in total. The van der Waals surface area contributed by atoms with E-state index in [1.807, 2.05) is 36.4 Å². The number of benzene rings is 5. The molecule has 0 aliphatic heterocycles. The Bertz CT molecular complexity index is 1490. The lowest BCUT2D eigenvalue weighted by atomic mass is 10.0. The van der Waals surface area contributed by atoms with Crippen molar-refractivity contribution in [3.63, 3.8) is 0 Å². The number of ketones is 1. The molecule has 0 aromatic heterocycles. The molecule has 0 spiro atoms. The summed E-state index contributed by atoms with van der Waals surface area (Å²) in [6.07, 6.45) is 0. The molecule has 5 heteroatoms.